The average molecular weight is 471 g/mol. The summed E-state index contributed by atoms with van der Waals surface area (Å²) in [5, 5.41) is 4.78. The number of benzene rings is 2. The maximum Gasteiger partial charge on any atom is 0.289 e. The Kier molecular flexibility index (Phi) is 6.34. The Morgan fingerprint density at radius 1 is 0.886 bits per heavy atom. The van der Waals surface area contributed by atoms with Crippen molar-refractivity contribution in [1.82, 2.24) is 19.6 Å². The molecule has 0 aliphatic carbocycles. The van der Waals surface area contributed by atoms with Gasteiger partial charge in [-0.05, 0) is 42.0 Å². The van der Waals surface area contributed by atoms with Crippen molar-refractivity contribution in [2.75, 3.05) is 33.3 Å². The van der Waals surface area contributed by atoms with Gasteiger partial charge in [0, 0.05) is 37.9 Å². The molecule has 0 spiro atoms. The number of piperazine rings is 1. The number of ether oxygens (including phenoxy) is 1. The molecule has 8 heteroatoms. The summed E-state index contributed by atoms with van der Waals surface area (Å²) in [5.41, 5.74) is 3.10. The topological polar surface area (TPSA) is 80.8 Å². The van der Waals surface area contributed by atoms with Crippen LogP contribution in [0.2, 0.25) is 0 Å². The third-order valence-corrected chi connectivity index (χ3v) is 6.13. The fourth-order valence-electron chi connectivity index (χ4n) is 4.23. The van der Waals surface area contributed by atoms with Crippen LogP contribution >= 0.6 is 0 Å². The summed E-state index contributed by atoms with van der Waals surface area (Å²) in [4.78, 5) is 29.7. The minimum atomic E-state index is -0.156. The van der Waals surface area contributed by atoms with Crippen molar-refractivity contribution in [3.05, 3.63) is 96.1 Å². The summed E-state index contributed by atoms with van der Waals surface area (Å²) in [7, 11) is 1.62. The van der Waals surface area contributed by atoms with E-state index in [1.807, 2.05) is 60.8 Å². The highest BCUT2D eigenvalue weighted by atomic mass is 16.5. The van der Waals surface area contributed by atoms with Crippen molar-refractivity contribution in [3.63, 3.8) is 0 Å². The maximum absolute atomic E-state index is 13.6. The summed E-state index contributed by atoms with van der Waals surface area (Å²) >= 11 is 0. The normalized spacial score (nSPS) is 13.6. The molecule has 0 N–H and O–H groups in total. The van der Waals surface area contributed by atoms with E-state index in [4.69, 9.17) is 14.3 Å². The zero-order valence-corrected chi connectivity index (χ0v) is 19.5. The molecule has 2 aromatic carbocycles. The van der Waals surface area contributed by atoms with Crippen LogP contribution in [-0.4, -0.2) is 64.7 Å². The van der Waals surface area contributed by atoms with E-state index in [1.54, 1.807) is 33.7 Å². The lowest BCUT2D eigenvalue weighted by Crippen LogP contribution is -2.50. The van der Waals surface area contributed by atoms with Gasteiger partial charge in [0.1, 0.15) is 11.4 Å². The third-order valence-electron chi connectivity index (χ3n) is 6.13. The van der Waals surface area contributed by atoms with Crippen LogP contribution in [-0.2, 0) is 6.54 Å². The number of carbonyl (C=O) groups excluding carboxylic acids is 2. The smallest absolute Gasteiger partial charge is 0.289 e. The highest BCUT2D eigenvalue weighted by Gasteiger charge is 2.29. The van der Waals surface area contributed by atoms with Crippen LogP contribution in [0, 0.1) is 0 Å². The number of hydrogen-bond donors (Lipinski definition) is 0. The SMILES string of the molecule is COc1ccc(-c2nn(Cc3ccccc3)cc2C(=O)N2CCN(C(=O)c3ccco3)CC2)cc1. The van der Waals surface area contributed by atoms with Gasteiger partial charge < -0.3 is 19.0 Å². The Bertz CT molecular complexity index is 1290. The summed E-state index contributed by atoms with van der Waals surface area (Å²) in [6.07, 6.45) is 3.30. The number of carbonyl (C=O) groups is 2. The lowest BCUT2D eigenvalue weighted by Gasteiger charge is -2.34. The van der Waals surface area contributed by atoms with Crippen molar-refractivity contribution in [2.24, 2.45) is 0 Å². The molecule has 0 radical (unpaired) electrons. The van der Waals surface area contributed by atoms with Gasteiger partial charge in [0.05, 0.1) is 25.5 Å². The van der Waals surface area contributed by atoms with E-state index in [9.17, 15) is 9.59 Å². The van der Waals surface area contributed by atoms with Crippen LogP contribution in [0.25, 0.3) is 11.3 Å². The van der Waals surface area contributed by atoms with Crippen molar-refractivity contribution in [2.45, 2.75) is 6.54 Å². The van der Waals surface area contributed by atoms with Crippen LogP contribution < -0.4 is 4.74 Å². The predicted molar refractivity (Wildman–Crippen MR) is 130 cm³/mol. The van der Waals surface area contributed by atoms with Gasteiger partial charge in [0.2, 0.25) is 0 Å². The second kappa shape index (κ2) is 9.89. The first-order chi connectivity index (χ1) is 17.1. The molecule has 178 valence electrons. The van der Waals surface area contributed by atoms with E-state index in [-0.39, 0.29) is 11.8 Å². The minimum absolute atomic E-state index is 0.0970. The van der Waals surface area contributed by atoms with Crippen molar-refractivity contribution < 1.29 is 18.7 Å². The summed E-state index contributed by atoms with van der Waals surface area (Å²) < 4.78 is 12.3. The third kappa shape index (κ3) is 4.82. The van der Waals surface area contributed by atoms with E-state index >= 15 is 0 Å². The standard InChI is InChI=1S/C27H26N4O4/c1-34-22-11-9-21(10-12-22)25-23(19-31(28-25)18-20-6-3-2-4-7-20)26(32)29-13-15-30(16-14-29)27(33)24-8-5-17-35-24/h2-12,17,19H,13-16,18H2,1H3. The second-order valence-corrected chi connectivity index (χ2v) is 8.36. The summed E-state index contributed by atoms with van der Waals surface area (Å²) in [5.74, 6) is 0.799. The number of rotatable bonds is 6. The van der Waals surface area contributed by atoms with Gasteiger partial charge in [-0.2, -0.15) is 5.10 Å². The number of aromatic nitrogens is 2. The highest BCUT2D eigenvalue weighted by molar-refractivity contribution is 6.00. The van der Waals surface area contributed by atoms with E-state index < -0.39 is 0 Å². The Morgan fingerprint density at radius 3 is 2.20 bits per heavy atom. The van der Waals surface area contributed by atoms with Crippen molar-refractivity contribution >= 4 is 11.8 Å². The molecule has 4 aromatic rings. The molecule has 2 aromatic heterocycles. The zero-order valence-electron chi connectivity index (χ0n) is 19.5. The van der Waals surface area contributed by atoms with E-state index in [0.717, 1.165) is 16.9 Å². The van der Waals surface area contributed by atoms with Gasteiger partial charge in [0.25, 0.3) is 11.8 Å². The van der Waals surface area contributed by atoms with Gasteiger partial charge in [-0.3, -0.25) is 14.3 Å². The molecule has 3 heterocycles. The molecule has 1 aliphatic rings. The van der Waals surface area contributed by atoms with Crippen LogP contribution in [0.4, 0.5) is 0 Å². The first kappa shape index (κ1) is 22.5. The van der Waals surface area contributed by atoms with Crippen LogP contribution in [0.5, 0.6) is 5.75 Å². The zero-order chi connectivity index (χ0) is 24.2. The Labute approximate surface area is 203 Å². The molecule has 5 rings (SSSR count). The molecule has 0 bridgehead atoms. The predicted octanol–water partition coefficient (Wildman–Crippen LogP) is 3.80. The molecule has 8 nitrogen and oxygen atoms in total. The molecule has 1 aliphatic heterocycles. The molecular formula is C27H26N4O4. The number of methoxy groups -OCH3 is 1. The molecule has 1 saturated heterocycles. The summed E-state index contributed by atoms with van der Waals surface area (Å²) in [6.45, 7) is 2.33. The lowest BCUT2D eigenvalue weighted by molar-refractivity contribution is 0.0518. The molecule has 0 unspecified atom stereocenters. The first-order valence-corrected chi connectivity index (χ1v) is 11.5. The second-order valence-electron chi connectivity index (χ2n) is 8.36. The summed E-state index contributed by atoms with van der Waals surface area (Å²) in [6, 6.07) is 20.9. The number of furan rings is 1. The van der Waals surface area contributed by atoms with E-state index in [0.29, 0.717) is 49.7 Å². The Hall–Kier alpha value is -4.33. The first-order valence-electron chi connectivity index (χ1n) is 11.5. The quantitative estimate of drug-likeness (QED) is 0.428. The Balaban J connectivity index is 1.38. The van der Waals surface area contributed by atoms with E-state index in [2.05, 4.69) is 0 Å². The minimum Gasteiger partial charge on any atom is -0.497 e. The maximum atomic E-state index is 13.6. The number of hydrogen-bond acceptors (Lipinski definition) is 5. The largest absolute Gasteiger partial charge is 0.497 e. The molecule has 0 saturated carbocycles. The van der Waals surface area contributed by atoms with Crippen molar-refractivity contribution in [1.29, 1.82) is 0 Å². The lowest BCUT2D eigenvalue weighted by atomic mass is 10.1. The van der Waals surface area contributed by atoms with Gasteiger partial charge >= 0.3 is 0 Å². The molecule has 2 amide bonds. The Morgan fingerprint density at radius 2 is 1.57 bits per heavy atom. The fraction of sp³-hybridized carbons (Fsp3) is 0.222. The van der Waals surface area contributed by atoms with Crippen molar-refractivity contribution in [3.8, 4) is 17.0 Å². The number of nitrogens with zero attached hydrogens (tertiary/aromatic N) is 4. The van der Waals surface area contributed by atoms with E-state index in [1.165, 1.54) is 6.26 Å². The van der Waals surface area contributed by atoms with Gasteiger partial charge in [0.15, 0.2) is 5.76 Å². The van der Waals surface area contributed by atoms with Gasteiger partial charge in [-0.1, -0.05) is 30.3 Å². The molecule has 1 fully saturated rings. The average Bonchev–Trinajstić information content (AvgIpc) is 3.59. The van der Waals surface area contributed by atoms with Crippen LogP contribution in [0.1, 0.15) is 26.5 Å². The molecular weight excluding hydrogens is 444 g/mol. The molecule has 0 atom stereocenters. The molecule has 35 heavy (non-hydrogen) atoms. The van der Waals surface area contributed by atoms with Gasteiger partial charge in [-0.25, -0.2) is 0 Å². The highest BCUT2D eigenvalue weighted by Crippen LogP contribution is 2.26. The van der Waals surface area contributed by atoms with Gasteiger partial charge in [-0.15, -0.1) is 0 Å². The number of amides is 2. The van der Waals surface area contributed by atoms with Crippen LogP contribution in [0.3, 0.4) is 0 Å². The monoisotopic (exact) mass is 470 g/mol. The van der Waals surface area contributed by atoms with Crippen LogP contribution in [0.15, 0.2) is 83.6 Å². The fourth-order valence-corrected chi connectivity index (χ4v) is 4.23.